The highest BCUT2D eigenvalue weighted by Gasteiger charge is 2.31. The van der Waals surface area contributed by atoms with Crippen molar-refractivity contribution in [3.05, 3.63) is 22.9 Å². The number of halogens is 1. The minimum atomic E-state index is 0.377. The van der Waals surface area contributed by atoms with Gasteiger partial charge in [0.1, 0.15) is 11.5 Å². The normalized spacial score (nSPS) is 17.3. The maximum Gasteiger partial charge on any atom is 0.169 e. The average Bonchev–Trinajstić information content (AvgIpc) is 2.95. The van der Waals surface area contributed by atoms with Crippen molar-refractivity contribution in [3.8, 4) is 11.5 Å². The summed E-state index contributed by atoms with van der Waals surface area (Å²) in [4.78, 5) is 0. The van der Waals surface area contributed by atoms with Crippen molar-refractivity contribution in [3.63, 3.8) is 0 Å². The predicted molar refractivity (Wildman–Crippen MR) is 69.5 cm³/mol. The fourth-order valence-corrected chi connectivity index (χ4v) is 2.39. The highest BCUT2D eigenvalue weighted by molar-refractivity contribution is 9.10. The molecule has 1 aliphatic carbocycles. The zero-order chi connectivity index (χ0) is 12.0. The van der Waals surface area contributed by atoms with E-state index in [-0.39, 0.29) is 0 Å². The molecule has 0 saturated heterocycles. The minimum Gasteiger partial charge on any atom is -0.448 e. The van der Waals surface area contributed by atoms with Gasteiger partial charge < -0.3 is 10.2 Å². The van der Waals surface area contributed by atoms with Crippen LogP contribution in [-0.4, -0.2) is 9.78 Å². The number of nitrogen functional groups attached to an aromatic ring is 1. The fourth-order valence-electron chi connectivity index (χ4n) is 2.09. The van der Waals surface area contributed by atoms with Crippen LogP contribution in [0.15, 0.2) is 27.3 Å². The van der Waals surface area contributed by atoms with E-state index in [4.69, 9.17) is 10.2 Å². The molecule has 2 aromatic heterocycles. The molecule has 1 saturated carbocycles. The Bertz CT molecular complexity index is 542. The highest BCUT2D eigenvalue weighted by Crippen LogP contribution is 2.40. The van der Waals surface area contributed by atoms with Crippen LogP contribution in [0.4, 0.5) is 5.82 Å². The molecule has 2 N–H and O–H groups in total. The van der Waals surface area contributed by atoms with Crippen LogP contribution in [0.3, 0.4) is 0 Å². The summed E-state index contributed by atoms with van der Waals surface area (Å²) >= 11 is 3.28. The Kier molecular flexibility index (Phi) is 2.50. The topological polar surface area (TPSA) is 57.0 Å². The molecule has 0 amide bonds. The molecule has 0 aliphatic heterocycles. The summed E-state index contributed by atoms with van der Waals surface area (Å²) < 4.78 is 8.09. The number of nitrogens with zero attached hydrogens (tertiary/aromatic N) is 2. The van der Waals surface area contributed by atoms with E-state index in [1.165, 1.54) is 12.8 Å². The van der Waals surface area contributed by atoms with Crippen molar-refractivity contribution in [1.29, 1.82) is 0 Å². The minimum absolute atomic E-state index is 0.377. The van der Waals surface area contributed by atoms with Gasteiger partial charge in [-0.05, 0) is 53.7 Å². The lowest BCUT2D eigenvalue weighted by Gasteiger charge is -2.11. The molecule has 0 bridgehead atoms. The largest absolute Gasteiger partial charge is 0.448 e. The van der Waals surface area contributed by atoms with Crippen LogP contribution in [0.1, 0.15) is 25.8 Å². The Morgan fingerprint density at radius 3 is 2.88 bits per heavy atom. The van der Waals surface area contributed by atoms with E-state index >= 15 is 0 Å². The lowest BCUT2D eigenvalue weighted by atomic mass is 10.2. The first-order chi connectivity index (χ1) is 8.15. The summed E-state index contributed by atoms with van der Waals surface area (Å²) in [5.41, 5.74) is 6.79. The molecular formula is C12H14BrN3O. The first-order valence-corrected chi connectivity index (χ1v) is 6.55. The third-order valence-corrected chi connectivity index (χ3v) is 3.71. The van der Waals surface area contributed by atoms with E-state index in [1.807, 2.05) is 22.9 Å². The van der Waals surface area contributed by atoms with Crippen LogP contribution in [0.5, 0.6) is 0 Å². The van der Waals surface area contributed by atoms with Gasteiger partial charge in [0.05, 0.1) is 6.04 Å². The van der Waals surface area contributed by atoms with Crippen molar-refractivity contribution < 1.29 is 4.42 Å². The number of rotatable bonds is 3. The maximum absolute atomic E-state index is 6.00. The molecule has 3 rings (SSSR count). The molecule has 2 aromatic rings. The molecule has 4 nitrogen and oxygen atoms in total. The molecule has 1 atom stereocenters. The molecule has 17 heavy (non-hydrogen) atoms. The highest BCUT2D eigenvalue weighted by atomic mass is 79.9. The Morgan fingerprint density at radius 1 is 1.53 bits per heavy atom. The Morgan fingerprint density at radius 2 is 2.29 bits per heavy atom. The third kappa shape index (κ3) is 1.99. The molecule has 90 valence electrons. The standard InChI is InChI=1S/C12H14BrN3O/c1-7(8-2-3-8)16-12(14)6-9(15-16)10-4-5-11(13)17-10/h4-8H,2-3,14H2,1H3. The smallest absolute Gasteiger partial charge is 0.169 e. The van der Waals surface area contributed by atoms with Gasteiger partial charge in [-0.15, -0.1) is 0 Å². The maximum atomic E-state index is 6.00. The van der Waals surface area contributed by atoms with Crippen LogP contribution in [-0.2, 0) is 0 Å². The second-order valence-corrected chi connectivity index (χ2v) is 5.36. The molecule has 0 radical (unpaired) electrons. The number of hydrogen-bond acceptors (Lipinski definition) is 3. The Balaban J connectivity index is 1.94. The molecule has 5 heteroatoms. The van der Waals surface area contributed by atoms with E-state index in [9.17, 15) is 0 Å². The van der Waals surface area contributed by atoms with Crippen LogP contribution >= 0.6 is 15.9 Å². The van der Waals surface area contributed by atoms with Crippen molar-refractivity contribution in [2.24, 2.45) is 5.92 Å². The summed E-state index contributed by atoms with van der Waals surface area (Å²) in [6.45, 7) is 2.17. The van der Waals surface area contributed by atoms with Crippen LogP contribution in [0.25, 0.3) is 11.5 Å². The monoisotopic (exact) mass is 295 g/mol. The van der Waals surface area contributed by atoms with Crippen molar-refractivity contribution >= 4 is 21.7 Å². The first kappa shape index (κ1) is 10.9. The average molecular weight is 296 g/mol. The molecule has 1 unspecified atom stereocenters. The van der Waals surface area contributed by atoms with Gasteiger partial charge in [0.25, 0.3) is 0 Å². The number of hydrogen-bond donors (Lipinski definition) is 1. The van der Waals surface area contributed by atoms with E-state index < -0.39 is 0 Å². The Labute approximate surface area is 108 Å². The molecule has 0 spiro atoms. The predicted octanol–water partition coefficient (Wildman–Crippen LogP) is 3.46. The van der Waals surface area contributed by atoms with Crippen molar-refractivity contribution in [2.45, 2.75) is 25.8 Å². The third-order valence-electron chi connectivity index (χ3n) is 3.28. The first-order valence-electron chi connectivity index (χ1n) is 5.76. The number of aromatic nitrogens is 2. The van der Waals surface area contributed by atoms with Gasteiger partial charge in [0, 0.05) is 6.07 Å². The summed E-state index contributed by atoms with van der Waals surface area (Å²) in [5.74, 6) is 2.17. The molecule has 2 heterocycles. The quantitative estimate of drug-likeness (QED) is 0.943. The summed E-state index contributed by atoms with van der Waals surface area (Å²) in [7, 11) is 0. The van der Waals surface area contributed by atoms with E-state index in [1.54, 1.807) is 0 Å². The van der Waals surface area contributed by atoms with Crippen molar-refractivity contribution in [2.75, 3.05) is 5.73 Å². The number of anilines is 1. The number of nitrogens with two attached hydrogens (primary N) is 1. The van der Waals surface area contributed by atoms with Gasteiger partial charge >= 0.3 is 0 Å². The van der Waals surface area contributed by atoms with Gasteiger partial charge in [-0.3, -0.25) is 0 Å². The summed E-state index contributed by atoms with van der Waals surface area (Å²) in [6.07, 6.45) is 2.56. The van der Waals surface area contributed by atoms with E-state index in [0.717, 1.165) is 17.4 Å². The van der Waals surface area contributed by atoms with Crippen molar-refractivity contribution in [1.82, 2.24) is 9.78 Å². The van der Waals surface area contributed by atoms with E-state index in [2.05, 4.69) is 28.0 Å². The molecular weight excluding hydrogens is 282 g/mol. The lowest BCUT2D eigenvalue weighted by molar-refractivity contribution is 0.445. The molecule has 0 aromatic carbocycles. The van der Waals surface area contributed by atoms with Gasteiger partial charge in [0.15, 0.2) is 10.4 Å². The van der Waals surface area contributed by atoms with Gasteiger partial charge in [0.2, 0.25) is 0 Å². The van der Waals surface area contributed by atoms with Crippen LogP contribution in [0, 0.1) is 5.92 Å². The second kappa shape index (κ2) is 3.91. The SMILES string of the molecule is CC(C1CC1)n1nc(-c2ccc(Br)o2)cc1N. The Hall–Kier alpha value is -1.23. The zero-order valence-corrected chi connectivity index (χ0v) is 11.1. The van der Waals surface area contributed by atoms with Gasteiger partial charge in [-0.25, -0.2) is 4.68 Å². The van der Waals surface area contributed by atoms with E-state index in [0.29, 0.717) is 16.5 Å². The summed E-state index contributed by atoms with van der Waals surface area (Å²) in [5, 5.41) is 4.53. The fraction of sp³-hybridized carbons (Fsp3) is 0.417. The number of furan rings is 1. The van der Waals surface area contributed by atoms with Crippen LogP contribution in [0.2, 0.25) is 0 Å². The summed E-state index contributed by atoms with van der Waals surface area (Å²) in [6, 6.07) is 5.99. The van der Waals surface area contributed by atoms with Gasteiger partial charge in [-0.1, -0.05) is 0 Å². The molecule has 1 aliphatic rings. The van der Waals surface area contributed by atoms with Crippen LogP contribution < -0.4 is 5.73 Å². The zero-order valence-electron chi connectivity index (χ0n) is 9.56. The molecule has 1 fully saturated rings. The lowest BCUT2D eigenvalue weighted by Crippen LogP contribution is -2.11. The van der Waals surface area contributed by atoms with Gasteiger partial charge in [-0.2, -0.15) is 5.10 Å². The second-order valence-electron chi connectivity index (χ2n) is 4.58.